The Labute approximate surface area is 159 Å². The highest BCUT2D eigenvalue weighted by Gasteiger charge is 2.20. The monoisotopic (exact) mass is 414 g/mol. The summed E-state index contributed by atoms with van der Waals surface area (Å²) in [6.45, 7) is 1.75. The Balaban J connectivity index is 1.80. The molecule has 2 aromatic carbocycles. The Kier molecular flexibility index (Phi) is 5.54. The van der Waals surface area contributed by atoms with Gasteiger partial charge in [-0.1, -0.05) is 42.5 Å². The van der Waals surface area contributed by atoms with Gasteiger partial charge in [-0.15, -0.1) is 0 Å². The lowest BCUT2D eigenvalue weighted by atomic mass is 10.0. The van der Waals surface area contributed by atoms with Crippen molar-refractivity contribution < 1.29 is 9.90 Å². The highest BCUT2D eigenvalue weighted by atomic mass is 79.9. The molecule has 3 N–H and O–H groups in total. The number of para-hydroxylation sites is 1. The molecular weight excluding hydrogens is 396 g/mol. The number of carbonyl (C=O) groups is 1. The van der Waals surface area contributed by atoms with Crippen LogP contribution in [-0.4, -0.2) is 28.1 Å². The lowest BCUT2D eigenvalue weighted by molar-refractivity contribution is 0.0853. The van der Waals surface area contributed by atoms with E-state index >= 15 is 0 Å². The second-order valence-corrected chi connectivity index (χ2v) is 7.08. The Bertz CT molecular complexity index is 985. The third-order valence-electron chi connectivity index (χ3n) is 4.30. The van der Waals surface area contributed by atoms with Crippen molar-refractivity contribution in [1.82, 2.24) is 10.3 Å². The summed E-state index contributed by atoms with van der Waals surface area (Å²) in [5.74, 6) is -0.390. The number of aromatic amines is 1. The van der Waals surface area contributed by atoms with Crippen LogP contribution in [0.4, 0.5) is 0 Å². The number of carbonyl (C=O) groups excluding carboxylic acids is 1. The first-order valence-corrected chi connectivity index (χ1v) is 9.09. The molecule has 3 aromatic rings. The van der Waals surface area contributed by atoms with E-state index in [2.05, 4.69) is 26.2 Å². The highest BCUT2D eigenvalue weighted by molar-refractivity contribution is 9.10. The molecular formula is C20H19BrN2O3. The number of aromatic nitrogens is 1. The molecule has 0 bridgehead atoms. The van der Waals surface area contributed by atoms with Crippen LogP contribution in [0.15, 0.2) is 63.9 Å². The van der Waals surface area contributed by atoms with Gasteiger partial charge in [0.05, 0.1) is 23.2 Å². The third-order valence-corrected chi connectivity index (χ3v) is 4.96. The molecule has 134 valence electrons. The van der Waals surface area contributed by atoms with E-state index in [1.54, 1.807) is 25.1 Å². The van der Waals surface area contributed by atoms with Crippen molar-refractivity contribution in [3.05, 3.63) is 80.6 Å². The number of fused-ring (bicyclic) bond motifs is 1. The molecule has 0 aliphatic rings. The van der Waals surface area contributed by atoms with Gasteiger partial charge in [-0.3, -0.25) is 9.59 Å². The van der Waals surface area contributed by atoms with E-state index in [1.807, 2.05) is 30.3 Å². The van der Waals surface area contributed by atoms with Crippen molar-refractivity contribution in [2.75, 3.05) is 0 Å². The molecule has 2 atom stereocenters. The summed E-state index contributed by atoms with van der Waals surface area (Å²) < 4.78 is 0.707. The minimum absolute atomic E-state index is 0.281. The van der Waals surface area contributed by atoms with Crippen molar-refractivity contribution in [3.63, 3.8) is 0 Å². The van der Waals surface area contributed by atoms with Crippen LogP contribution in [0.25, 0.3) is 10.9 Å². The molecule has 1 heterocycles. The van der Waals surface area contributed by atoms with E-state index in [0.717, 1.165) is 5.56 Å². The smallest absolute Gasteiger partial charge is 0.252 e. The van der Waals surface area contributed by atoms with Crippen LogP contribution >= 0.6 is 15.9 Å². The number of halogens is 1. The van der Waals surface area contributed by atoms with Gasteiger partial charge in [-0.2, -0.15) is 0 Å². The van der Waals surface area contributed by atoms with Crippen LogP contribution in [0.3, 0.4) is 0 Å². The van der Waals surface area contributed by atoms with Crippen molar-refractivity contribution in [2.24, 2.45) is 0 Å². The fourth-order valence-corrected chi connectivity index (χ4v) is 3.31. The lowest BCUT2D eigenvalue weighted by Crippen LogP contribution is -2.42. The maximum atomic E-state index is 12.7. The molecule has 0 saturated carbocycles. The first-order chi connectivity index (χ1) is 12.5. The predicted octanol–water partition coefficient (Wildman–Crippen LogP) is 3.01. The average molecular weight is 415 g/mol. The van der Waals surface area contributed by atoms with Gasteiger partial charge in [0.1, 0.15) is 0 Å². The average Bonchev–Trinajstić information content (AvgIpc) is 2.62. The van der Waals surface area contributed by atoms with E-state index in [-0.39, 0.29) is 17.0 Å². The van der Waals surface area contributed by atoms with Gasteiger partial charge in [0.2, 0.25) is 5.56 Å². The van der Waals surface area contributed by atoms with Crippen LogP contribution in [0.2, 0.25) is 0 Å². The SMILES string of the molecule is C[C@@H](NC(=O)c1cc(=O)[nH]c2c(Br)cccc12)[C@@H](O)Cc1ccccc1. The molecule has 0 unspecified atom stereocenters. The third kappa shape index (κ3) is 4.03. The van der Waals surface area contributed by atoms with E-state index in [9.17, 15) is 14.7 Å². The normalized spacial score (nSPS) is 13.3. The van der Waals surface area contributed by atoms with E-state index in [0.29, 0.717) is 21.8 Å². The molecule has 0 fully saturated rings. The quantitative estimate of drug-likeness (QED) is 0.599. The Morgan fingerprint density at radius 2 is 1.92 bits per heavy atom. The topological polar surface area (TPSA) is 82.2 Å². The van der Waals surface area contributed by atoms with Crippen LogP contribution in [0.1, 0.15) is 22.8 Å². The minimum atomic E-state index is -0.735. The Hall–Kier alpha value is -2.44. The predicted molar refractivity (Wildman–Crippen MR) is 105 cm³/mol. The Morgan fingerprint density at radius 1 is 1.19 bits per heavy atom. The number of rotatable bonds is 5. The number of aliphatic hydroxyl groups is 1. The number of amides is 1. The van der Waals surface area contributed by atoms with Crippen molar-refractivity contribution in [2.45, 2.75) is 25.5 Å². The van der Waals surface area contributed by atoms with E-state index in [4.69, 9.17) is 0 Å². The number of benzene rings is 2. The molecule has 0 aliphatic heterocycles. The molecule has 0 saturated heterocycles. The van der Waals surface area contributed by atoms with Crippen LogP contribution in [-0.2, 0) is 6.42 Å². The number of nitrogens with one attached hydrogen (secondary N) is 2. The molecule has 0 radical (unpaired) electrons. The molecule has 1 aromatic heterocycles. The summed E-state index contributed by atoms with van der Waals surface area (Å²) in [5.41, 5.74) is 1.49. The first-order valence-electron chi connectivity index (χ1n) is 8.30. The molecule has 26 heavy (non-hydrogen) atoms. The standard InChI is InChI=1S/C20H19BrN2O3/c1-12(17(24)10-13-6-3-2-4-7-13)22-20(26)15-11-18(25)23-19-14(15)8-5-9-16(19)21/h2-9,11-12,17,24H,10H2,1H3,(H,22,26)(H,23,25)/t12-,17+/m1/s1. The van der Waals surface area contributed by atoms with Gasteiger partial charge in [-0.25, -0.2) is 0 Å². The van der Waals surface area contributed by atoms with Crippen LogP contribution in [0.5, 0.6) is 0 Å². The zero-order valence-corrected chi connectivity index (χ0v) is 15.8. The Morgan fingerprint density at radius 3 is 2.65 bits per heavy atom. The first kappa shape index (κ1) is 18.4. The zero-order chi connectivity index (χ0) is 18.7. The van der Waals surface area contributed by atoms with Gasteiger partial charge in [-0.05, 0) is 34.5 Å². The van der Waals surface area contributed by atoms with Gasteiger partial charge in [0.15, 0.2) is 0 Å². The number of H-pyrrole nitrogens is 1. The summed E-state index contributed by atoms with van der Waals surface area (Å²) in [6, 6.07) is 15.8. The van der Waals surface area contributed by atoms with Gasteiger partial charge in [0, 0.05) is 22.3 Å². The number of hydrogen-bond acceptors (Lipinski definition) is 3. The fourth-order valence-electron chi connectivity index (χ4n) is 2.84. The minimum Gasteiger partial charge on any atom is -0.391 e. The number of hydrogen-bond donors (Lipinski definition) is 3. The van der Waals surface area contributed by atoms with Crippen LogP contribution in [0, 0.1) is 0 Å². The molecule has 0 spiro atoms. The molecule has 1 amide bonds. The zero-order valence-electron chi connectivity index (χ0n) is 14.2. The summed E-state index contributed by atoms with van der Waals surface area (Å²) >= 11 is 3.38. The highest BCUT2D eigenvalue weighted by Crippen LogP contribution is 2.23. The van der Waals surface area contributed by atoms with E-state index < -0.39 is 12.1 Å². The summed E-state index contributed by atoms with van der Waals surface area (Å²) in [7, 11) is 0. The summed E-state index contributed by atoms with van der Waals surface area (Å²) in [6.07, 6.45) is -0.300. The van der Waals surface area contributed by atoms with Gasteiger partial charge < -0.3 is 15.4 Å². The number of aliphatic hydroxyl groups excluding tert-OH is 1. The molecule has 3 rings (SSSR count). The van der Waals surface area contributed by atoms with Gasteiger partial charge in [0.25, 0.3) is 5.91 Å². The number of pyridine rings is 1. The van der Waals surface area contributed by atoms with E-state index in [1.165, 1.54) is 6.07 Å². The van der Waals surface area contributed by atoms with Gasteiger partial charge >= 0.3 is 0 Å². The lowest BCUT2D eigenvalue weighted by Gasteiger charge is -2.21. The summed E-state index contributed by atoms with van der Waals surface area (Å²) in [4.78, 5) is 27.3. The maximum Gasteiger partial charge on any atom is 0.252 e. The van der Waals surface area contributed by atoms with Crippen LogP contribution < -0.4 is 10.9 Å². The maximum absolute atomic E-state index is 12.7. The summed E-state index contributed by atoms with van der Waals surface area (Å²) in [5, 5.41) is 13.8. The second-order valence-electron chi connectivity index (χ2n) is 6.23. The fraction of sp³-hybridized carbons (Fsp3) is 0.200. The van der Waals surface area contributed by atoms with Crippen molar-refractivity contribution in [3.8, 4) is 0 Å². The second kappa shape index (κ2) is 7.85. The molecule has 6 heteroatoms. The van der Waals surface area contributed by atoms with Crippen molar-refractivity contribution in [1.29, 1.82) is 0 Å². The van der Waals surface area contributed by atoms with Crippen molar-refractivity contribution >= 4 is 32.7 Å². The molecule has 0 aliphatic carbocycles. The molecule has 5 nitrogen and oxygen atoms in total. The largest absolute Gasteiger partial charge is 0.391 e.